The van der Waals surface area contributed by atoms with E-state index in [0.717, 1.165) is 0 Å². The summed E-state index contributed by atoms with van der Waals surface area (Å²) in [5, 5.41) is 11.2. The van der Waals surface area contributed by atoms with Gasteiger partial charge in [0, 0.05) is 17.4 Å². The van der Waals surface area contributed by atoms with E-state index in [9.17, 15) is 5.11 Å². The molecule has 0 aliphatic carbocycles. The van der Waals surface area contributed by atoms with Crippen molar-refractivity contribution in [1.82, 2.24) is 9.97 Å². The molecule has 1 heterocycles. The molecule has 0 saturated heterocycles. The van der Waals surface area contributed by atoms with Crippen molar-refractivity contribution in [1.29, 1.82) is 0 Å². The fraction of sp³-hybridized carbons (Fsp3) is 0.231. The number of benzene rings is 1. The molecule has 0 fully saturated rings. The highest BCUT2D eigenvalue weighted by Crippen LogP contribution is 2.33. The number of halogens is 1. The second-order valence-electron chi connectivity index (χ2n) is 4.00. The fourth-order valence-corrected chi connectivity index (χ4v) is 1.93. The largest absolute Gasteiger partial charge is 0.480 e. The van der Waals surface area contributed by atoms with Crippen molar-refractivity contribution in [3.63, 3.8) is 0 Å². The van der Waals surface area contributed by atoms with Gasteiger partial charge in [0.05, 0.1) is 7.11 Å². The number of aromatic nitrogens is 2. The predicted molar refractivity (Wildman–Crippen MR) is 68.7 cm³/mol. The van der Waals surface area contributed by atoms with Gasteiger partial charge >= 0.3 is 0 Å². The van der Waals surface area contributed by atoms with Crippen LogP contribution in [-0.4, -0.2) is 22.2 Å². The van der Waals surface area contributed by atoms with Crippen LogP contribution in [0.1, 0.15) is 18.2 Å². The first-order valence-corrected chi connectivity index (χ1v) is 5.77. The molecular formula is C13H13ClN2O2. The molecule has 0 amide bonds. The topological polar surface area (TPSA) is 55.2 Å². The third-order valence-corrected chi connectivity index (χ3v) is 2.94. The summed E-state index contributed by atoms with van der Waals surface area (Å²) < 4.78 is 5.12. The average molecular weight is 265 g/mol. The maximum atomic E-state index is 10.7. The standard InChI is InChI=1S/C13H13ClN2O2/c1-13(17,9-4-3-5-10(14)8-9)11-12(18-2)16-7-6-15-11/h3-8,17H,1-2H3. The number of rotatable bonds is 3. The summed E-state index contributed by atoms with van der Waals surface area (Å²) in [6.45, 7) is 1.63. The number of ether oxygens (including phenoxy) is 1. The van der Waals surface area contributed by atoms with Crippen molar-refractivity contribution < 1.29 is 9.84 Å². The van der Waals surface area contributed by atoms with Gasteiger partial charge in [-0.15, -0.1) is 0 Å². The Labute approximate surface area is 110 Å². The molecule has 0 radical (unpaired) electrons. The highest BCUT2D eigenvalue weighted by Gasteiger charge is 2.31. The lowest BCUT2D eigenvalue weighted by Gasteiger charge is -2.24. The normalized spacial score (nSPS) is 14.0. The summed E-state index contributed by atoms with van der Waals surface area (Å²) in [5.41, 5.74) is -0.326. The van der Waals surface area contributed by atoms with Crippen LogP contribution in [0.15, 0.2) is 36.7 Å². The van der Waals surface area contributed by atoms with E-state index in [0.29, 0.717) is 22.2 Å². The molecule has 0 saturated carbocycles. The van der Waals surface area contributed by atoms with Crippen molar-refractivity contribution in [2.45, 2.75) is 12.5 Å². The van der Waals surface area contributed by atoms with E-state index in [-0.39, 0.29) is 0 Å². The lowest BCUT2D eigenvalue weighted by atomic mass is 9.92. The second-order valence-corrected chi connectivity index (χ2v) is 4.43. The predicted octanol–water partition coefficient (Wildman–Crippen LogP) is 2.39. The van der Waals surface area contributed by atoms with Gasteiger partial charge in [0.15, 0.2) is 0 Å². The molecule has 1 aromatic carbocycles. The zero-order valence-electron chi connectivity index (χ0n) is 10.1. The van der Waals surface area contributed by atoms with E-state index in [2.05, 4.69) is 9.97 Å². The first-order chi connectivity index (χ1) is 8.55. The Balaban J connectivity index is 2.54. The molecule has 4 nitrogen and oxygen atoms in total. The summed E-state index contributed by atoms with van der Waals surface area (Å²) in [5.74, 6) is 0.294. The minimum absolute atomic E-state index is 0.294. The molecule has 5 heteroatoms. The molecule has 0 aliphatic heterocycles. The molecule has 2 rings (SSSR count). The van der Waals surface area contributed by atoms with Crippen LogP contribution in [0.2, 0.25) is 5.02 Å². The molecule has 0 spiro atoms. The first-order valence-electron chi connectivity index (χ1n) is 5.39. The fourth-order valence-electron chi connectivity index (χ4n) is 1.74. The molecule has 94 valence electrons. The zero-order chi connectivity index (χ0) is 13.2. The van der Waals surface area contributed by atoms with Crippen LogP contribution in [0.4, 0.5) is 0 Å². The van der Waals surface area contributed by atoms with Gasteiger partial charge in [-0.1, -0.05) is 23.7 Å². The molecule has 18 heavy (non-hydrogen) atoms. The number of methoxy groups -OCH3 is 1. The molecule has 1 N–H and O–H groups in total. The van der Waals surface area contributed by atoms with Crippen molar-refractivity contribution in [2.75, 3.05) is 7.11 Å². The minimum Gasteiger partial charge on any atom is -0.480 e. The van der Waals surface area contributed by atoms with E-state index in [4.69, 9.17) is 16.3 Å². The number of hydrogen-bond acceptors (Lipinski definition) is 4. The quantitative estimate of drug-likeness (QED) is 0.925. The molecule has 2 aromatic rings. The monoisotopic (exact) mass is 264 g/mol. The van der Waals surface area contributed by atoms with Crippen LogP contribution < -0.4 is 4.74 Å². The van der Waals surface area contributed by atoms with Gasteiger partial charge < -0.3 is 9.84 Å². The van der Waals surface area contributed by atoms with Crippen LogP contribution >= 0.6 is 11.6 Å². The molecule has 0 aliphatic rings. The van der Waals surface area contributed by atoms with Gasteiger partial charge in [-0.2, -0.15) is 0 Å². The van der Waals surface area contributed by atoms with Crippen molar-refractivity contribution >= 4 is 11.6 Å². The summed E-state index contributed by atoms with van der Waals surface area (Å²) in [4.78, 5) is 8.18. The van der Waals surface area contributed by atoms with Gasteiger partial charge in [-0.25, -0.2) is 4.98 Å². The number of aliphatic hydroxyl groups is 1. The molecule has 1 aromatic heterocycles. The van der Waals surface area contributed by atoms with Gasteiger partial charge in [-0.3, -0.25) is 4.98 Å². The maximum Gasteiger partial charge on any atom is 0.238 e. The van der Waals surface area contributed by atoms with Gasteiger partial charge in [0.1, 0.15) is 11.3 Å². The van der Waals surface area contributed by atoms with Crippen LogP contribution in [0.5, 0.6) is 5.88 Å². The Bertz CT molecular complexity index is 558. The Morgan fingerprint density at radius 1 is 1.28 bits per heavy atom. The van der Waals surface area contributed by atoms with Crippen molar-refractivity contribution in [3.8, 4) is 5.88 Å². The van der Waals surface area contributed by atoms with E-state index in [1.165, 1.54) is 19.5 Å². The summed E-state index contributed by atoms with van der Waals surface area (Å²) in [6.07, 6.45) is 3.02. The zero-order valence-corrected chi connectivity index (χ0v) is 10.8. The molecule has 0 bridgehead atoms. The lowest BCUT2D eigenvalue weighted by Crippen LogP contribution is -2.25. The van der Waals surface area contributed by atoms with E-state index < -0.39 is 5.60 Å². The highest BCUT2D eigenvalue weighted by atomic mass is 35.5. The summed E-state index contributed by atoms with van der Waals surface area (Å²) in [7, 11) is 1.49. The van der Waals surface area contributed by atoms with Crippen molar-refractivity contribution in [3.05, 3.63) is 52.9 Å². The Hall–Kier alpha value is -1.65. The Morgan fingerprint density at radius 2 is 2.00 bits per heavy atom. The van der Waals surface area contributed by atoms with Crippen LogP contribution in [0, 0.1) is 0 Å². The SMILES string of the molecule is COc1nccnc1C(C)(O)c1cccc(Cl)c1. The van der Waals surface area contributed by atoms with Gasteiger partial charge in [0.25, 0.3) is 0 Å². The lowest BCUT2D eigenvalue weighted by molar-refractivity contribution is 0.0930. The first kappa shape index (κ1) is 12.8. The number of hydrogen-bond donors (Lipinski definition) is 1. The maximum absolute atomic E-state index is 10.7. The van der Waals surface area contributed by atoms with Gasteiger partial charge in [-0.05, 0) is 24.6 Å². The smallest absolute Gasteiger partial charge is 0.238 e. The average Bonchev–Trinajstić information content (AvgIpc) is 2.38. The Kier molecular flexibility index (Phi) is 3.50. The third-order valence-electron chi connectivity index (χ3n) is 2.71. The van der Waals surface area contributed by atoms with Crippen LogP contribution in [-0.2, 0) is 5.60 Å². The Morgan fingerprint density at radius 3 is 2.67 bits per heavy atom. The molecule has 1 unspecified atom stereocenters. The van der Waals surface area contributed by atoms with Crippen LogP contribution in [0.25, 0.3) is 0 Å². The van der Waals surface area contributed by atoms with Crippen LogP contribution in [0.3, 0.4) is 0 Å². The van der Waals surface area contributed by atoms with E-state index >= 15 is 0 Å². The molecular weight excluding hydrogens is 252 g/mol. The summed E-state index contributed by atoms with van der Waals surface area (Å²) in [6, 6.07) is 6.99. The van der Waals surface area contributed by atoms with E-state index in [1.54, 1.807) is 31.2 Å². The minimum atomic E-state index is -1.31. The third kappa shape index (κ3) is 2.30. The number of nitrogens with zero attached hydrogens (tertiary/aromatic N) is 2. The van der Waals surface area contributed by atoms with Gasteiger partial charge in [0.2, 0.25) is 5.88 Å². The van der Waals surface area contributed by atoms with Crippen molar-refractivity contribution in [2.24, 2.45) is 0 Å². The van der Waals surface area contributed by atoms with E-state index in [1.807, 2.05) is 0 Å². The molecule has 1 atom stereocenters. The summed E-state index contributed by atoms with van der Waals surface area (Å²) >= 11 is 5.93. The highest BCUT2D eigenvalue weighted by molar-refractivity contribution is 6.30. The second kappa shape index (κ2) is 4.92.